The van der Waals surface area contributed by atoms with Gasteiger partial charge in [0.2, 0.25) is 0 Å². The van der Waals surface area contributed by atoms with Crippen LogP contribution in [-0.2, 0) is 19.3 Å². The van der Waals surface area contributed by atoms with E-state index in [4.69, 9.17) is 9.47 Å². The zero-order valence-corrected chi connectivity index (χ0v) is 15.1. The van der Waals surface area contributed by atoms with Crippen LogP contribution in [0.3, 0.4) is 0 Å². The summed E-state index contributed by atoms with van der Waals surface area (Å²) >= 11 is 0. The number of sulfone groups is 1. The van der Waals surface area contributed by atoms with Gasteiger partial charge in [0.05, 0.1) is 17.6 Å². The number of aryl methyl sites for hydroxylation is 1. The maximum Gasteiger partial charge on any atom is 0.501 e. The molecule has 9 heteroatoms. The number of hydrogen-bond donors (Lipinski definition) is 1. The monoisotopic (exact) mass is 381 g/mol. The van der Waals surface area contributed by atoms with Gasteiger partial charge in [-0.2, -0.15) is 13.2 Å². The molecule has 142 valence electrons. The van der Waals surface area contributed by atoms with Crippen LogP contribution in [0.2, 0.25) is 0 Å². The van der Waals surface area contributed by atoms with Gasteiger partial charge in [0.1, 0.15) is 0 Å². The van der Waals surface area contributed by atoms with Crippen LogP contribution >= 0.6 is 0 Å². The first-order valence-corrected chi connectivity index (χ1v) is 9.22. The largest absolute Gasteiger partial charge is 0.501 e. The van der Waals surface area contributed by atoms with Gasteiger partial charge in [-0.25, -0.2) is 8.42 Å². The van der Waals surface area contributed by atoms with E-state index in [1.54, 1.807) is 26.0 Å². The molecule has 1 N–H and O–H groups in total. The lowest BCUT2D eigenvalue weighted by molar-refractivity contribution is -0.131. The minimum atomic E-state index is -5.43. The van der Waals surface area contributed by atoms with E-state index in [0.717, 1.165) is 5.56 Å². The average molecular weight is 381 g/mol. The Bertz CT molecular complexity index is 664. The second kappa shape index (κ2) is 9.21. The van der Waals surface area contributed by atoms with E-state index in [-0.39, 0.29) is 17.6 Å². The number of halogens is 3. The lowest BCUT2D eigenvalue weighted by atomic mass is 10.1. The van der Waals surface area contributed by atoms with E-state index in [2.05, 4.69) is 5.32 Å². The molecule has 0 amide bonds. The second-order valence-electron chi connectivity index (χ2n) is 5.11. The molecule has 0 saturated heterocycles. The zero-order valence-electron chi connectivity index (χ0n) is 14.3. The molecule has 25 heavy (non-hydrogen) atoms. The predicted octanol–water partition coefficient (Wildman–Crippen LogP) is 3.22. The van der Waals surface area contributed by atoms with Gasteiger partial charge in [0.25, 0.3) is 9.84 Å². The Balaban J connectivity index is 3.14. The van der Waals surface area contributed by atoms with Gasteiger partial charge in [-0.15, -0.1) is 0 Å². The number of rotatable bonds is 9. The van der Waals surface area contributed by atoms with Crippen LogP contribution in [0.15, 0.2) is 29.7 Å². The normalized spacial score (nSPS) is 13.3. The van der Waals surface area contributed by atoms with Crippen molar-refractivity contribution in [3.63, 3.8) is 0 Å². The number of benzene rings is 1. The number of hydrogen-bond acceptors (Lipinski definition) is 5. The molecule has 1 aromatic carbocycles. The molecule has 0 spiro atoms. The second-order valence-corrected chi connectivity index (χ2v) is 6.90. The minimum absolute atomic E-state index is 0.00519. The van der Waals surface area contributed by atoms with E-state index >= 15 is 0 Å². The summed E-state index contributed by atoms with van der Waals surface area (Å²) in [6.07, 6.45) is -0.711. The Kier molecular flexibility index (Phi) is 7.91. The third-order valence-electron chi connectivity index (χ3n) is 3.12. The highest BCUT2D eigenvalue weighted by Gasteiger charge is 2.44. The smallest absolute Gasteiger partial charge is 0.379 e. The van der Waals surface area contributed by atoms with Crippen molar-refractivity contribution in [3.05, 3.63) is 40.8 Å². The molecule has 0 saturated carbocycles. The first kappa shape index (κ1) is 21.5. The standard InChI is InChI=1S/C16H22F3NO4S/c1-4-23-15(24-5-2)10-20-14(11-25(21,22)16(17,18)19)13-8-6-12(3)7-9-13/h6-9,11,15,20H,4-5,10H2,1-3H3/b14-11-. The van der Waals surface area contributed by atoms with Crippen LogP contribution in [0.5, 0.6) is 0 Å². The first-order chi connectivity index (χ1) is 11.6. The van der Waals surface area contributed by atoms with Crippen LogP contribution in [0.25, 0.3) is 5.70 Å². The Hall–Kier alpha value is -1.58. The van der Waals surface area contributed by atoms with Crippen LogP contribution in [0.4, 0.5) is 13.2 Å². The molecule has 0 heterocycles. The summed E-state index contributed by atoms with van der Waals surface area (Å²) in [5.74, 6) is 0. The van der Waals surface area contributed by atoms with Crippen molar-refractivity contribution in [1.82, 2.24) is 5.32 Å². The summed E-state index contributed by atoms with van der Waals surface area (Å²) in [5.41, 5.74) is -4.35. The van der Waals surface area contributed by atoms with Crippen LogP contribution < -0.4 is 5.32 Å². The SMILES string of the molecule is CCOC(CN/C(=C\S(=O)(=O)C(F)(F)F)c1ccc(C)cc1)OCC. The lowest BCUT2D eigenvalue weighted by Crippen LogP contribution is -2.31. The Labute approximate surface area is 145 Å². The third-order valence-corrected chi connectivity index (χ3v) is 4.31. The summed E-state index contributed by atoms with van der Waals surface area (Å²) < 4.78 is 71.7. The molecule has 0 aliphatic carbocycles. The van der Waals surface area contributed by atoms with E-state index in [0.29, 0.717) is 18.8 Å². The highest BCUT2D eigenvalue weighted by atomic mass is 32.2. The van der Waals surface area contributed by atoms with Crippen LogP contribution in [0, 0.1) is 6.92 Å². The number of ether oxygens (including phenoxy) is 2. The van der Waals surface area contributed by atoms with Gasteiger partial charge in [0.15, 0.2) is 6.29 Å². The molecule has 0 atom stereocenters. The van der Waals surface area contributed by atoms with E-state index in [9.17, 15) is 21.6 Å². The quantitative estimate of drug-likeness (QED) is 0.666. The molecule has 0 unspecified atom stereocenters. The lowest BCUT2D eigenvalue weighted by Gasteiger charge is -2.20. The van der Waals surface area contributed by atoms with Gasteiger partial charge >= 0.3 is 5.51 Å². The molecule has 0 aromatic heterocycles. The fourth-order valence-corrected chi connectivity index (χ4v) is 2.56. The fraction of sp³-hybridized carbons (Fsp3) is 0.500. The molecule has 1 rings (SSSR count). The minimum Gasteiger partial charge on any atom is -0.379 e. The molecule has 5 nitrogen and oxygen atoms in total. The topological polar surface area (TPSA) is 64.6 Å². The van der Waals surface area contributed by atoms with Crippen LogP contribution in [-0.4, -0.2) is 40.0 Å². The first-order valence-electron chi connectivity index (χ1n) is 7.67. The summed E-state index contributed by atoms with van der Waals surface area (Å²) in [7, 11) is -5.43. The van der Waals surface area contributed by atoms with Crippen molar-refractivity contribution >= 4 is 15.5 Å². The van der Waals surface area contributed by atoms with Gasteiger partial charge in [0, 0.05) is 13.2 Å². The van der Waals surface area contributed by atoms with Crippen molar-refractivity contribution in [2.75, 3.05) is 19.8 Å². The summed E-state index contributed by atoms with van der Waals surface area (Å²) in [6, 6.07) is 6.42. The van der Waals surface area contributed by atoms with Gasteiger partial charge in [-0.1, -0.05) is 29.8 Å². The third kappa shape index (κ3) is 6.68. The van der Waals surface area contributed by atoms with E-state index < -0.39 is 21.6 Å². The predicted molar refractivity (Wildman–Crippen MR) is 89.2 cm³/mol. The van der Waals surface area contributed by atoms with Crippen molar-refractivity contribution in [1.29, 1.82) is 0 Å². The van der Waals surface area contributed by atoms with E-state index in [1.165, 1.54) is 12.1 Å². The molecule has 0 aliphatic heterocycles. The molecule has 0 bridgehead atoms. The molecular formula is C16H22F3NO4S. The molecule has 0 fully saturated rings. The Morgan fingerprint density at radius 1 is 1.16 bits per heavy atom. The maximum absolute atomic E-state index is 12.7. The average Bonchev–Trinajstić information content (AvgIpc) is 2.51. The molecule has 1 aromatic rings. The maximum atomic E-state index is 12.7. The van der Waals surface area contributed by atoms with Crippen molar-refractivity contribution in [2.24, 2.45) is 0 Å². The highest BCUT2D eigenvalue weighted by Crippen LogP contribution is 2.27. The number of alkyl halides is 3. The molecule has 0 radical (unpaired) electrons. The fourth-order valence-electron chi connectivity index (χ4n) is 1.90. The van der Waals surface area contributed by atoms with E-state index in [1.807, 2.05) is 6.92 Å². The van der Waals surface area contributed by atoms with Crippen molar-refractivity contribution in [2.45, 2.75) is 32.6 Å². The van der Waals surface area contributed by atoms with Gasteiger partial charge < -0.3 is 14.8 Å². The van der Waals surface area contributed by atoms with Crippen LogP contribution in [0.1, 0.15) is 25.0 Å². The summed E-state index contributed by atoms with van der Waals surface area (Å²) in [5, 5.41) is 2.87. The van der Waals surface area contributed by atoms with Crippen molar-refractivity contribution < 1.29 is 31.1 Å². The highest BCUT2D eigenvalue weighted by molar-refractivity contribution is 7.95. The Morgan fingerprint density at radius 2 is 1.68 bits per heavy atom. The van der Waals surface area contributed by atoms with Gasteiger partial charge in [-0.05, 0) is 26.3 Å². The van der Waals surface area contributed by atoms with Crippen molar-refractivity contribution in [3.8, 4) is 0 Å². The van der Waals surface area contributed by atoms with Gasteiger partial charge in [-0.3, -0.25) is 0 Å². The zero-order chi connectivity index (χ0) is 19.1. The number of nitrogens with one attached hydrogen (secondary N) is 1. The summed E-state index contributed by atoms with van der Waals surface area (Å²) in [4.78, 5) is 0. The molecule has 0 aliphatic rings. The summed E-state index contributed by atoms with van der Waals surface area (Å²) in [6.45, 7) is 5.99. The Morgan fingerprint density at radius 3 is 2.12 bits per heavy atom. The molecular weight excluding hydrogens is 359 g/mol.